The Labute approximate surface area is 134 Å². The lowest BCUT2D eigenvalue weighted by Gasteiger charge is -2.35. The van der Waals surface area contributed by atoms with Crippen molar-refractivity contribution in [2.45, 2.75) is 39.9 Å². The number of ether oxygens (including phenoxy) is 1. The van der Waals surface area contributed by atoms with Gasteiger partial charge < -0.3 is 15.4 Å². The SMILES string of the molecule is Cc1cc(C)c2c(N)c(C(=O)N3CC(C)OC(C)C3)sc2n1. The molecule has 3 rings (SSSR count). The third-order valence-corrected chi connectivity index (χ3v) is 5.01. The highest BCUT2D eigenvalue weighted by molar-refractivity contribution is 7.21. The number of nitrogen functional groups attached to an aromatic ring is 1. The van der Waals surface area contributed by atoms with Crippen molar-refractivity contribution in [3.63, 3.8) is 0 Å². The summed E-state index contributed by atoms with van der Waals surface area (Å²) in [5.74, 6) is -0.0143. The molecule has 0 aliphatic carbocycles. The third-order valence-electron chi connectivity index (χ3n) is 3.93. The summed E-state index contributed by atoms with van der Waals surface area (Å²) in [4.78, 5) is 20.6. The summed E-state index contributed by atoms with van der Waals surface area (Å²) in [7, 11) is 0. The molecule has 118 valence electrons. The molecule has 0 radical (unpaired) electrons. The number of fused-ring (bicyclic) bond motifs is 1. The standard InChI is InChI=1S/C16H21N3O2S/c1-8-5-9(2)18-15-12(8)13(17)14(22-15)16(20)19-6-10(3)21-11(4)7-19/h5,10-11H,6-7,17H2,1-4H3. The Hall–Kier alpha value is -1.66. The number of aromatic nitrogens is 1. The largest absolute Gasteiger partial charge is 0.397 e. The molecule has 0 aromatic carbocycles. The van der Waals surface area contributed by atoms with Gasteiger partial charge in [0.05, 0.1) is 17.9 Å². The molecule has 1 aliphatic rings. The van der Waals surface area contributed by atoms with Gasteiger partial charge in [-0.25, -0.2) is 4.98 Å². The number of anilines is 1. The Morgan fingerprint density at radius 2 is 2.00 bits per heavy atom. The number of carbonyl (C=O) groups excluding carboxylic acids is 1. The van der Waals surface area contributed by atoms with Crippen LogP contribution in [0.4, 0.5) is 5.69 Å². The van der Waals surface area contributed by atoms with Gasteiger partial charge in [-0.2, -0.15) is 0 Å². The van der Waals surface area contributed by atoms with Crippen molar-refractivity contribution in [1.29, 1.82) is 0 Å². The van der Waals surface area contributed by atoms with Crippen LogP contribution in [-0.2, 0) is 4.74 Å². The molecule has 1 fully saturated rings. The first-order valence-corrected chi connectivity index (χ1v) is 8.29. The first kappa shape index (κ1) is 15.2. The van der Waals surface area contributed by atoms with E-state index in [2.05, 4.69) is 4.98 Å². The van der Waals surface area contributed by atoms with Crippen molar-refractivity contribution in [2.75, 3.05) is 18.8 Å². The number of nitrogens with two attached hydrogens (primary N) is 1. The Balaban J connectivity index is 2.01. The van der Waals surface area contributed by atoms with Crippen LogP contribution in [0.25, 0.3) is 10.2 Å². The van der Waals surface area contributed by atoms with Gasteiger partial charge >= 0.3 is 0 Å². The van der Waals surface area contributed by atoms with Gasteiger partial charge in [-0.3, -0.25) is 4.79 Å². The average Bonchev–Trinajstić information content (AvgIpc) is 2.73. The van der Waals surface area contributed by atoms with Gasteiger partial charge in [0.2, 0.25) is 0 Å². The minimum atomic E-state index is -0.0143. The zero-order chi connectivity index (χ0) is 16.0. The summed E-state index contributed by atoms with van der Waals surface area (Å²) in [5.41, 5.74) is 8.83. The maximum absolute atomic E-state index is 12.9. The molecule has 2 aromatic heterocycles. The van der Waals surface area contributed by atoms with Gasteiger partial charge in [-0.15, -0.1) is 11.3 Å². The summed E-state index contributed by atoms with van der Waals surface area (Å²) >= 11 is 1.39. The van der Waals surface area contributed by atoms with Crippen LogP contribution in [0.1, 0.15) is 34.8 Å². The predicted octanol–water partition coefficient (Wildman–Crippen LogP) is 2.74. The van der Waals surface area contributed by atoms with E-state index in [4.69, 9.17) is 10.5 Å². The maximum atomic E-state index is 12.9. The van der Waals surface area contributed by atoms with Gasteiger partial charge in [0.25, 0.3) is 5.91 Å². The molecule has 2 aromatic rings. The summed E-state index contributed by atoms with van der Waals surface area (Å²) in [6.07, 6.45) is 0.0933. The highest BCUT2D eigenvalue weighted by Gasteiger charge is 2.29. The van der Waals surface area contributed by atoms with Crippen LogP contribution in [0.3, 0.4) is 0 Å². The van der Waals surface area contributed by atoms with Gasteiger partial charge in [0.1, 0.15) is 9.71 Å². The highest BCUT2D eigenvalue weighted by Crippen LogP contribution is 2.36. The topological polar surface area (TPSA) is 68.5 Å². The number of hydrogen-bond acceptors (Lipinski definition) is 5. The molecule has 2 unspecified atom stereocenters. The second-order valence-corrected chi connectivity index (χ2v) is 7.07. The Kier molecular flexibility index (Phi) is 3.82. The van der Waals surface area contributed by atoms with E-state index >= 15 is 0 Å². The van der Waals surface area contributed by atoms with Gasteiger partial charge in [0, 0.05) is 24.2 Å². The minimum Gasteiger partial charge on any atom is -0.397 e. The molecule has 2 N–H and O–H groups in total. The lowest BCUT2D eigenvalue weighted by Crippen LogP contribution is -2.48. The van der Waals surface area contributed by atoms with Crippen molar-refractivity contribution in [2.24, 2.45) is 0 Å². The molecule has 3 heterocycles. The molecule has 1 saturated heterocycles. The number of nitrogens with zero attached hydrogens (tertiary/aromatic N) is 2. The average molecular weight is 319 g/mol. The zero-order valence-electron chi connectivity index (χ0n) is 13.3. The number of morpholine rings is 1. The lowest BCUT2D eigenvalue weighted by atomic mass is 10.1. The van der Waals surface area contributed by atoms with Crippen LogP contribution in [0.5, 0.6) is 0 Å². The second kappa shape index (κ2) is 5.52. The van der Waals surface area contributed by atoms with Crippen LogP contribution >= 0.6 is 11.3 Å². The monoisotopic (exact) mass is 319 g/mol. The number of rotatable bonds is 1. The first-order chi connectivity index (χ1) is 10.4. The molecule has 2 atom stereocenters. The summed E-state index contributed by atoms with van der Waals surface area (Å²) in [6, 6.07) is 2.00. The lowest BCUT2D eigenvalue weighted by molar-refractivity contribution is -0.0584. The predicted molar refractivity (Wildman–Crippen MR) is 89.4 cm³/mol. The van der Waals surface area contributed by atoms with Gasteiger partial charge in [-0.1, -0.05) is 0 Å². The molecule has 0 bridgehead atoms. The molecule has 0 spiro atoms. The first-order valence-electron chi connectivity index (χ1n) is 7.47. The van der Waals surface area contributed by atoms with Crippen molar-refractivity contribution >= 4 is 33.1 Å². The Morgan fingerprint density at radius 1 is 1.36 bits per heavy atom. The molecule has 1 amide bonds. The fourth-order valence-corrected chi connectivity index (χ4v) is 4.30. The quantitative estimate of drug-likeness (QED) is 0.877. The van der Waals surface area contributed by atoms with E-state index in [9.17, 15) is 4.79 Å². The third kappa shape index (κ3) is 2.57. The molecule has 1 aliphatic heterocycles. The van der Waals surface area contributed by atoms with Crippen molar-refractivity contribution < 1.29 is 9.53 Å². The molecule has 5 nitrogen and oxygen atoms in total. The number of aryl methyl sites for hydroxylation is 2. The molecule has 22 heavy (non-hydrogen) atoms. The minimum absolute atomic E-state index is 0.0143. The molecular formula is C16H21N3O2S. The van der Waals surface area contributed by atoms with Crippen LogP contribution in [-0.4, -0.2) is 41.1 Å². The van der Waals surface area contributed by atoms with Gasteiger partial charge in [-0.05, 0) is 39.3 Å². The summed E-state index contributed by atoms with van der Waals surface area (Å²) < 4.78 is 5.69. The summed E-state index contributed by atoms with van der Waals surface area (Å²) in [5, 5.41) is 0.910. The Bertz CT molecular complexity index is 731. The van der Waals surface area contributed by atoms with Crippen LogP contribution in [0.15, 0.2) is 6.07 Å². The number of hydrogen-bond donors (Lipinski definition) is 1. The molecular weight excluding hydrogens is 298 g/mol. The van der Waals surface area contributed by atoms with E-state index in [1.165, 1.54) is 11.3 Å². The maximum Gasteiger partial charge on any atom is 0.266 e. The second-order valence-electron chi connectivity index (χ2n) is 6.07. The van der Waals surface area contributed by atoms with E-state index in [0.29, 0.717) is 23.7 Å². The number of pyridine rings is 1. The van der Waals surface area contributed by atoms with Crippen molar-refractivity contribution in [1.82, 2.24) is 9.88 Å². The molecule has 6 heteroatoms. The van der Waals surface area contributed by atoms with Gasteiger partial charge in [0.15, 0.2) is 0 Å². The number of carbonyl (C=O) groups is 1. The van der Waals surface area contributed by atoms with Crippen LogP contribution in [0, 0.1) is 13.8 Å². The van der Waals surface area contributed by atoms with Crippen molar-refractivity contribution in [3.8, 4) is 0 Å². The normalized spacial score (nSPS) is 22.3. The highest BCUT2D eigenvalue weighted by atomic mass is 32.1. The summed E-state index contributed by atoms with van der Waals surface area (Å²) in [6.45, 7) is 9.13. The van der Waals surface area contributed by atoms with Crippen molar-refractivity contribution in [3.05, 3.63) is 22.2 Å². The van der Waals surface area contributed by atoms with Crippen LogP contribution in [0.2, 0.25) is 0 Å². The smallest absolute Gasteiger partial charge is 0.266 e. The van der Waals surface area contributed by atoms with E-state index in [-0.39, 0.29) is 18.1 Å². The number of thiophene rings is 1. The van der Waals surface area contributed by atoms with E-state index in [1.807, 2.05) is 38.7 Å². The zero-order valence-corrected chi connectivity index (χ0v) is 14.2. The van der Waals surface area contributed by atoms with E-state index in [1.54, 1.807) is 0 Å². The number of amides is 1. The Morgan fingerprint density at radius 3 is 2.64 bits per heavy atom. The fourth-order valence-electron chi connectivity index (χ4n) is 3.12. The fraction of sp³-hybridized carbons (Fsp3) is 0.500. The van der Waals surface area contributed by atoms with Crippen LogP contribution < -0.4 is 5.73 Å². The van der Waals surface area contributed by atoms with E-state index < -0.39 is 0 Å². The molecule has 0 saturated carbocycles. The van der Waals surface area contributed by atoms with E-state index in [0.717, 1.165) is 21.5 Å².